The van der Waals surface area contributed by atoms with Crippen molar-refractivity contribution in [2.75, 3.05) is 12.4 Å². The average Bonchev–Trinajstić information content (AvgIpc) is 2.41. The van der Waals surface area contributed by atoms with Crippen LogP contribution in [0.2, 0.25) is 0 Å². The van der Waals surface area contributed by atoms with Gasteiger partial charge in [0.2, 0.25) is 10.0 Å². The van der Waals surface area contributed by atoms with Gasteiger partial charge in [-0.2, -0.15) is 0 Å². The molecule has 0 spiro atoms. The van der Waals surface area contributed by atoms with Crippen LogP contribution in [-0.4, -0.2) is 26.5 Å². The first-order valence-electron chi connectivity index (χ1n) is 6.67. The molecule has 1 heterocycles. The van der Waals surface area contributed by atoms with E-state index in [1.165, 1.54) is 12.3 Å². The maximum Gasteiger partial charge on any atom is 0.241 e. The van der Waals surface area contributed by atoms with Crippen LogP contribution >= 0.6 is 0 Å². The first-order valence-corrected chi connectivity index (χ1v) is 8.15. The molecule has 1 saturated carbocycles. The van der Waals surface area contributed by atoms with E-state index in [9.17, 15) is 8.42 Å². The van der Waals surface area contributed by atoms with E-state index in [1.54, 1.807) is 13.1 Å². The van der Waals surface area contributed by atoms with Gasteiger partial charge in [-0.1, -0.05) is 6.92 Å². The molecule has 1 aromatic heterocycles. The minimum atomic E-state index is -3.44. The largest absolute Gasteiger partial charge is 0.373 e. The zero-order valence-electron chi connectivity index (χ0n) is 11.4. The quantitative estimate of drug-likeness (QED) is 0.886. The Morgan fingerprint density at radius 1 is 1.26 bits per heavy atom. The Labute approximate surface area is 114 Å². The van der Waals surface area contributed by atoms with E-state index in [0.29, 0.717) is 11.7 Å². The number of pyridine rings is 1. The van der Waals surface area contributed by atoms with Crippen LogP contribution in [0, 0.1) is 5.92 Å². The van der Waals surface area contributed by atoms with Crippen molar-refractivity contribution in [3.8, 4) is 0 Å². The van der Waals surface area contributed by atoms with Gasteiger partial charge in [-0.25, -0.2) is 18.1 Å². The van der Waals surface area contributed by atoms with Crippen LogP contribution in [0.25, 0.3) is 0 Å². The van der Waals surface area contributed by atoms with Crippen molar-refractivity contribution in [3.63, 3.8) is 0 Å². The Balaban J connectivity index is 2.09. The van der Waals surface area contributed by atoms with Crippen molar-refractivity contribution in [1.29, 1.82) is 0 Å². The predicted octanol–water partition coefficient (Wildman–Crippen LogP) is 1.98. The minimum absolute atomic E-state index is 0.0624. The standard InChI is InChI=1S/C13H21N3O2S/c1-10-3-5-11(6-4-10)16-19(17,18)12-7-8-15-13(9-12)14-2/h7-11,16H,3-6H2,1-2H3,(H,14,15). The van der Waals surface area contributed by atoms with Gasteiger partial charge in [-0.05, 0) is 37.7 Å². The third kappa shape index (κ3) is 3.67. The molecule has 1 aromatic rings. The first kappa shape index (κ1) is 14.3. The van der Waals surface area contributed by atoms with Gasteiger partial charge in [-0.3, -0.25) is 0 Å². The van der Waals surface area contributed by atoms with E-state index in [1.807, 2.05) is 0 Å². The summed E-state index contributed by atoms with van der Waals surface area (Å²) in [7, 11) is -1.72. The number of nitrogens with one attached hydrogen (secondary N) is 2. The minimum Gasteiger partial charge on any atom is -0.373 e. The molecular weight excluding hydrogens is 262 g/mol. The fourth-order valence-corrected chi connectivity index (χ4v) is 3.70. The number of nitrogens with zero attached hydrogens (tertiary/aromatic N) is 1. The summed E-state index contributed by atoms with van der Waals surface area (Å²) in [6.45, 7) is 2.22. The highest BCUT2D eigenvalue weighted by Gasteiger charge is 2.24. The van der Waals surface area contributed by atoms with Crippen LogP contribution in [0.5, 0.6) is 0 Å². The third-order valence-electron chi connectivity index (χ3n) is 3.64. The maximum absolute atomic E-state index is 12.3. The molecule has 6 heteroatoms. The highest BCUT2D eigenvalue weighted by Crippen LogP contribution is 2.24. The van der Waals surface area contributed by atoms with Crippen LogP contribution in [0.1, 0.15) is 32.6 Å². The summed E-state index contributed by atoms with van der Waals surface area (Å²) >= 11 is 0. The fourth-order valence-electron chi connectivity index (χ4n) is 2.38. The second-order valence-corrected chi connectivity index (χ2v) is 6.92. The van der Waals surface area contributed by atoms with Crippen LogP contribution in [0.3, 0.4) is 0 Å². The molecule has 1 aliphatic carbocycles. The second kappa shape index (κ2) is 5.88. The van der Waals surface area contributed by atoms with E-state index < -0.39 is 10.0 Å². The number of sulfonamides is 1. The third-order valence-corrected chi connectivity index (χ3v) is 5.15. The highest BCUT2D eigenvalue weighted by atomic mass is 32.2. The van der Waals surface area contributed by atoms with E-state index in [-0.39, 0.29) is 10.9 Å². The van der Waals surface area contributed by atoms with Crippen molar-refractivity contribution in [2.24, 2.45) is 5.92 Å². The van der Waals surface area contributed by atoms with Crippen molar-refractivity contribution in [3.05, 3.63) is 18.3 Å². The summed E-state index contributed by atoms with van der Waals surface area (Å²) in [4.78, 5) is 4.29. The molecule has 1 fully saturated rings. The Bertz CT molecular complexity index is 522. The van der Waals surface area contributed by atoms with Crippen molar-refractivity contribution in [2.45, 2.75) is 43.5 Å². The molecule has 0 amide bonds. The lowest BCUT2D eigenvalue weighted by atomic mass is 9.88. The smallest absolute Gasteiger partial charge is 0.241 e. The van der Waals surface area contributed by atoms with Gasteiger partial charge in [0.05, 0.1) is 4.90 Å². The van der Waals surface area contributed by atoms with Gasteiger partial charge >= 0.3 is 0 Å². The Hall–Kier alpha value is -1.14. The van der Waals surface area contributed by atoms with E-state index >= 15 is 0 Å². The molecular formula is C13H21N3O2S. The van der Waals surface area contributed by atoms with Crippen molar-refractivity contribution in [1.82, 2.24) is 9.71 Å². The van der Waals surface area contributed by atoms with E-state index in [0.717, 1.165) is 25.7 Å². The molecule has 19 heavy (non-hydrogen) atoms. The lowest BCUT2D eigenvalue weighted by Gasteiger charge is -2.26. The molecule has 106 valence electrons. The molecule has 0 bridgehead atoms. The molecule has 0 unspecified atom stereocenters. The Morgan fingerprint density at radius 2 is 1.95 bits per heavy atom. The molecule has 0 radical (unpaired) electrons. The summed E-state index contributed by atoms with van der Waals surface area (Å²) in [5, 5.41) is 2.85. The normalized spacial score (nSPS) is 24.1. The number of hydrogen-bond acceptors (Lipinski definition) is 4. The second-order valence-electron chi connectivity index (χ2n) is 5.20. The molecule has 0 aliphatic heterocycles. The molecule has 2 rings (SSSR count). The summed E-state index contributed by atoms with van der Waals surface area (Å²) in [6.07, 6.45) is 5.52. The summed E-state index contributed by atoms with van der Waals surface area (Å²) in [5.74, 6) is 1.26. The number of rotatable bonds is 4. The number of hydrogen-bond donors (Lipinski definition) is 2. The predicted molar refractivity (Wildman–Crippen MR) is 75.5 cm³/mol. The molecule has 2 N–H and O–H groups in total. The van der Waals surface area contributed by atoms with Crippen LogP contribution in [0.4, 0.5) is 5.82 Å². The number of aromatic nitrogens is 1. The molecule has 0 saturated heterocycles. The monoisotopic (exact) mass is 283 g/mol. The molecule has 0 aromatic carbocycles. The van der Waals surface area contributed by atoms with E-state index in [4.69, 9.17) is 0 Å². The van der Waals surface area contributed by atoms with Gasteiger partial charge < -0.3 is 5.32 Å². The SMILES string of the molecule is CNc1cc(S(=O)(=O)NC2CCC(C)CC2)ccn1. The summed E-state index contributed by atoms with van der Waals surface area (Å²) in [6, 6.07) is 3.13. The van der Waals surface area contributed by atoms with Crippen LogP contribution in [-0.2, 0) is 10.0 Å². The Morgan fingerprint density at radius 3 is 2.58 bits per heavy atom. The van der Waals surface area contributed by atoms with Crippen molar-refractivity contribution < 1.29 is 8.42 Å². The van der Waals surface area contributed by atoms with Crippen molar-refractivity contribution >= 4 is 15.8 Å². The van der Waals surface area contributed by atoms with Gasteiger partial charge in [-0.15, -0.1) is 0 Å². The summed E-state index contributed by atoms with van der Waals surface area (Å²) in [5.41, 5.74) is 0. The first-order chi connectivity index (χ1) is 9.01. The number of anilines is 1. The molecule has 1 aliphatic rings. The van der Waals surface area contributed by atoms with Gasteiger partial charge in [0, 0.05) is 25.4 Å². The fraction of sp³-hybridized carbons (Fsp3) is 0.615. The van der Waals surface area contributed by atoms with Gasteiger partial charge in [0.15, 0.2) is 0 Å². The average molecular weight is 283 g/mol. The molecule has 0 atom stereocenters. The Kier molecular flexibility index (Phi) is 4.42. The van der Waals surface area contributed by atoms with E-state index in [2.05, 4.69) is 21.9 Å². The molecule has 5 nitrogen and oxygen atoms in total. The zero-order valence-corrected chi connectivity index (χ0v) is 12.2. The highest BCUT2D eigenvalue weighted by molar-refractivity contribution is 7.89. The van der Waals surface area contributed by atoms with Crippen LogP contribution in [0.15, 0.2) is 23.2 Å². The topological polar surface area (TPSA) is 71.1 Å². The zero-order chi connectivity index (χ0) is 13.9. The lowest BCUT2D eigenvalue weighted by molar-refractivity contribution is 0.332. The van der Waals surface area contributed by atoms with Crippen LogP contribution < -0.4 is 10.0 Å². The summed E-state index contributed by atoms with van der Waals surface area (Å²) < 4.78 is 27.4. The van der Waals surface area contributed by atoms with Gasteiger partial charge in [0.25, 0.3) is 0 Å². The lowest BCUT2D eigenvalue weighted by Crippen LogP contribution is -2.37. The van der Waals surface area contributed by atoms with Gasteiger partial charge in [0.1, 0.15) is 5.82 Å². The maximum atomic E-state index is 12.3.